The van der Waals surface area contributed by atoms with Gasteiger partial charge >= 0.3 is 24.8 Å². The molecule has 0 saturated carbocycles. The molecule has 1 saturated heterocycles. The molecule has 1 aliphatic heterocycles. The van der Waals surface area contributed by atoms with Crippen molar-refractivity contribution in [2.24, 2.45) is 0 Å². The number of rotatable bonds is 11. The Morgan fingerprint density at radius 3 is 1.18 bits per heavy atom. The molecule has 6 heterocycles. The van der Waals surface area contributed by atoms with Gasteiger partial charge in [0.2, 0.25) is 0 Å². The second kappa shape index (κ2) is 31.2. The van der Waals surface area contributed by atoms with Gasteiger partial charge in [0.1, 0.15) is 22.7 Å². The zero-order valence-electron chi connectivity index (χ0n) is 54.7. The quantitative estimate of drug-likeness (QED) is 0.0787. The summed E-state index contributed by atoms with van der Waals surface area (Å²) in [5.41, 5.74) is 12.8. The van der Waals surface area contributed by atoms with Crippen molar-refractivity contribution >= 4 is 87.3 Å². The van der Waals surface area contributed by atoms with Gasteiger partial charge in [-0.1, -0.05) is 229 Å². The van der Waals surface area contributed by atoms with E-state index >= 15 is 0 Å². The number of aliphatic hydroxyl groups is 1. The van der Waals surface area contributed by atoms with Gasteiger partial charge in [-0.2, -0.15) is 6.42 Å². The van der Waals surface area contributed by atoms with E-state index in [0.29, 0.717) is 29.3 Å². The largest absolute Gasteiger partial charge is 1.00 e. The number of ether oxygens (including phenoxy) is 2. The van der Waals surface area contributed by atoms with Gasteiger partial charge in [0.15, 0.2) is 0 Å². The molecule has 97 heavy (non-hydrogen) atoms. The first kappa shape index (κ1) is 66.9. The number of unbranched alkanes of at least 4 members (excludes halogenated alkanes) is 1. The number of furan rings is 2. The van der Waals surface area contributed by atoms with Crippen LogP contribution in [0.4, 0.5) is 0 Å². The molecule has 11 heteroatoms. The number of hydrogen-bond donors (Lipinski definition) is 1. The SMILES string of the molecule is Brc1cccc(-n2c3ccccc3c3ccccc32)c1.C1CCOC1.CCOC(=O)c1ccoc1-c1ccccc1.OC(c1cccc(-n2c3ccccc3c3ccccc32)c1)(c1cccc(-n2c3ccccc3c3ccccc32)c1)c1ccoc1-c1ccccc1.[CH2-]CCC.[Li+]. The molecule has 0 radical (unpaired) electrons. The summed E-state index contributed by atoms with van der Waals surface area (Å²) in [6.07, 6.45) is 8.00. The summed E-state index contributed by atoms with van der Waals surface area (Å²) in [5, 5.41) is 20.9. The monoisotopic (exact) mass is 1330 g/mol. The molecule has 0 aliphatic carbocycles. The van der Waals surface area contributed by atoms with Crippen molar-refractivity contribution in [3.05, 3.63) is 337 Å². The van der Waals surface area contributed by atoms with Crippen LogP contribution in [0.1, 0.15) is 66.6 Å². The first-order chi connectivity index (χ1) is 47.3. The van der Waals surface area contributed by atoms with Crippen molar-refractivity contribution in [2.75, 3.05) is 19.8 Å². The van der Waals surface area contributed by atoms with E-state index < -0.39 is 5.60 Å². The van der Waals surface area contributed by atoms with Gasteiger partial charge in [0.25, 0.3) is 0 Å². The Labute approximate surface area is 586 Å². The van der Waals surface area contributed by atoms with Crippen LogP contribution in [0.2, 0.25) is 0 Å². The standard InChI is InChI=1S/C47H32N2O2.C18H12BrN.C13H12O3.C4H8O.C4H9.Li/c50-47(41-28-29-51-46(41)32-14-2-1-3-15-32,33-16-12-18-35(30-33)48-42-24-8-4-20-37(42)38-21-5-9-25-43(38)48)34-17-13-19-36(31-34)49-44-26-10-6-22-39(44)40-23-7-11-27-45(40)49;19-13-6-5-7-14(12-13)20-17-10-3-1-8-15(17)16-9-2-4-11-18(16)20;1-2-15-13(14)11-8-9-16-12(11)10-6-4-3-5-7-10;1-2-4-5-3-1;1-3-4-2;/h1-31,50H;1-12H;3-9H,2H2,1H3;1-4H2;1,3-4H2,2H3;/q;;;;-1;+1. The predicted octanol–water partition coefficient (Wildman–Crippen LogP) is 19.5. The van der Waals surface area contributed by atoms with Gasteiger partial charge in [-0.25, -0.2) is 4.79 Å². The van der Waals surface area contributed by atoms with Gasteiger partial charge in [-0.3, -0.25) is 0 Å². The zero-order chi connectivity index (χ0) is 65.8. The fraction of sp³-hybridized carbons (Fsp3) is 0.116. The molecule has 17 rings (SSSR count). The van der Waals surface area contributed by atoms with Crippen LogP contribution in [0.5, 0.6) is 0 Å². The molecular formula is C86H73BrLiN3O6. The number of fused-ring (bicyclic) bond motifs is 9. The summed E-state index contributed by atoms with van der Waals surface area (Å²) < 4.78 is 29.4. The third-order valence-electron chi connectivity index (χ3n) is 17.3. The Morgan fingerprint density at radius 1 is 0.454 bits per heavy atom. The average molecular weight is 1330 g/mol. The summed E-state index contributed by atoms with van der Waals surface area (Å²) >= 11 is 3.56. The fourth-order valence-corrected chi connectivity index (χ4v) is 13.2. The van der Waals surface area contributed by atoms with Gasteiger partial charge in [-0.05, 0) is 122 Å². The fourth-order valence-electron chi connectivity index (χ4n) is 12.8. The molecule has 0 unspecified atom stereocenters. The van der Waals surface area contributed by atoms with Gasteiger partial charge in [0, 0.05) is 83.8 Å². The van der Waals surface area contributed by atoms with Crippen molar-refractivity contribution in [3.8, 4) is 39.7 Å². The normalized spacial score (nSPS) is 11.8. The maximum absolute atomic E-state index is 13.6. The number of halogens is 1. The third kappa shape index (κ3) is 13.8. The molecule has 9 nitrogen and oxygen atoms in total. The first-order valence-electron chi connectivity index (χ1n) is 32.7. The number of benzene rings is 11. The third-order valence-corrected chi connectivity index (χ3v) is 17.8. The Kier molecular flexibility index (Phi) is 21.5. The van der Waals surface area contributed by atoms with E-state index in [1.54, 1.807) is 19.3 Å². The summed E-state index contributed by atoms with van der Waals surface area (Å²) in [7, 11) is 0. The van der Waals surface area contributed by atoms with E-state index in [1.807, 2.05) is 91.0 Å². The average Bonchev–Trinajstić information content (AvgIpc) is 1.67. The van der Waals surface area contributed by atoms with Crippen LogP contribution in [-0.2, 0) is 15.1 Å². The van der Waals surface area contributed by atoms with Crippen LogP contribution in [0.15, 0.2) is 317 Å². The molecule has 1 N–H and O–H groups in total. The van der Waals surface area contributed by atoms with Crippen molar-refractivity contribution in [3.63, 3.8) is 0 Å². The van der Waals surface area contributed by atoms with Crippen molar-refractivity contribution in [2.45, 2.75) is 45.1 Å². The molecule has 1 aliphatic rings. The van der Waals surface area contributed by atoms with Crippen LogP contribution in [-0.4, -0.2) is 44.6 Å². The second-order valence-electron chi connectivity index (χ2n) is 23.4. The summed E-state index contributed by atoms with van der Waals surface area (Å²) in [6, 6.07) is 99.1. The number of aromatic nitrogens is 3. The maximum atomic E-state index is 13.6. The van der Waals surface area contributed by atoms with Gasteiger partial charge in [0.05, 0.1) is 52.2 Å². The number of carbonyl (C=O) groups excluding carboxylic acids is 1. The molecule has 1 fully saturated rings. The van der Waals surface area contributed by atoms with Crippen LogP contribution < -0.4 is 18.9 Å². The predicted molar refractivity (Wildman–Crippen MR) is 397 cm³/mol. The summed E-state index contributed by atoms with van der Waals surface area (Å²) in [6.45, 7) is 9.86. The minimum Gasteiger partial charge on any atom is -0.464 e. The number of nitrogens with zero attached hydrogens (tertiary/aromatic N) is 3. The molecule has 476 valence electrons. The number of esters is 1. The molecule has 16 aromatic rings. The molecule has 0 spiro atoms. The minimum absolute atomic E-state index is 0. The molecule has 0 atom stereocenters. The minimum atomic E-state index is -1.58. The molecule has 0 amide bonds. The Hall–Kier alpha value is -10.2. The molecular weight excluding hydrogens is 1260 g/mol. The van der Waals surface area contributed by atoms with Crippen LogP contribution in [0.25, 0.3) is 105 Å². The van der Waals surface area contributed by atoms with E-state index in [2.05, 4.69) is 238 Å². The van der Waals surface area contributed by atoms with Gasteiger partial charge < -0.3 is 44.0 Å². The first-order valence-corrected chi connectivity index (χ1v) is 33.5. The Morgan fingerprint density at radius 2 is 0.804 bits per heavy atom. The van der Waals surface area contributed by atoms with E-state index in [9.17, 15) is 9.90 Å². The van der Waals surface area contributed by atoms with Crippen molar-refractivity contribution in [1.29, 1.82) is 0 Å². The molecule has 0 bridgehead atoms. The van der Waals surface area contributed by atoms with E-state index in [1.165, 1.54) is 74.6 Å². The Balaban J connectivity index is 0.000000158. The van der Waals surface area contributed by atoms with E-state index in [0.717, 1.165) is 79.8 Å². The van der Waals surface area contributed by atoms with Crippen LogP contribution in [0, 0.1) is 6.92 Å². The van der Waals surface area contributed by atoms with Crippen molar-refractivity contribution < 1.29 is 47.1 Å². The topological polar surface area (TPSA) is 96.8 Å². The van der Waals surface area contributed by atoms with Gasteiger partial charge in [-0.15, -0.1) is 0 Å². The van der Waals surface area contributed by atoms with Crippen molar-refractivity contribution in [1.82, 2.24) is 13.7 Å². The van der Waals surface area contributed by atoms with E-state index in [-0.39, 0.29) is 24.8 Å². The number of hydrogen-bond acceptors (Lipinski definition) is 6. The Bertz CT molecular complexity index is 4960. The summed E-state index contributed by atoms with van der Waals surface area (Å²) in [4.78, 5) is 11.6. The molecule has 5 aromatic heterocycles. The zero-order valence-corrected chi connectivity index (χ0v) is 56.3. The summed E-state index contributed by atoms with van der Waals surface area (Å²) in [5.74, 6) is 0.830. The van der Waals surface area contributed by atoms with E-state index in [4.69, 9.17) is 18.3 Å². The smallest absolute Gasteiger partial charge is 0.464 e. The second-order valence-corrected chi connectivity index (χ2v) is 24.3. The maximum Gasteiger partial charge on any atom is 1.00 e. The van der Waals surface area contributed by atoms with Crippen LogP contribution in [0.3, 0.4) is 0 Å². The molecule has 11 aromatic carbocycles. The van der Waals surface area contributed by atoms with Crippen LogP contribution >= 0.6 is 15.9 Å². The number of para-hydroxylation sites is 6. The number of carbonyl (C=O) groups is 1.